The van der Waals surface area contributed by atoms with E-state index in [1.54, 1.807) is 21.0 Å². The van der Waals surface area contributed by atoms with Gasteiger partial charge in [0.15, 0.2) is 0 Å². The summed E-state index contributed by atoms with van der Waals surface area (Å²) in [6, 6.07) is -1.10. The van der Waals surface area contributed by atoms with Crippen molar-refractivity contribution in [2.75, 3.05) is 53.4 Å². The van der Waals surface area contributed by atoms with Gasteiger partial charge in [-0.2, -0.15) is 0 Å². The van der Waals surface area contributed by atoms with Crippen LogP contribution in [-0.2, 0) is 38.4 Å². The third-order valence-electron chi connectivity index (χ3n) is 6.92. The Morgan fingerprint density at radius 3 is 1.29 bits per heavy atom. The van der Waals surface area contributed by atoms with Crippen molar-refractivity contribution in [1.82, 2.24) is 41.7 Å². The Hall–Kier alpha value is -3.92. The quantitative estimate of drug-likeness (QED) is 0.0675. The van der Waals surface area contributed by atoms with E-state index in [1.807, 2.05) is 0 Å². The van der Waals surface area contributed by atoms with Crippen LogP contribution in [0.5, 0.6) is 0 Å². The lowest BCUT2D eigenvalue weighted by atomic mass is 10.0. The summed E-state index contributed by atoms with van der Waals surface area (Å²) < 4.78 is 0. The number of nitrogens with zero attached hydrogens (tertiary/aromatic N) is 2. The standard InChI is InChI=1S/C26H42N8O8/c1-16(12-21(37)31-8-6-29-19(35)4-10-33-23(39)14-17(27-2)25(33)41)13-22(38)32-9-7-30-20(36)5-11-34-24(40)15-18(28-3)26(34)42/h16-18,27-28H,4-15H2,1-3H3,(H,29,35)(H,30,36)(H,31,37)(H,32,38). The molecule has 2 rings (SSSR count). The predicted octanol–water partition coefficient (Wildman–Crippen LogP) is -3.66. The molecular formula is C26H42N8O8. The highest BCUT2D eigenvalue weighted by Gasteiger charge is 2.38. The van der Waals surface area contributed by atoms with Crippen LogP contribution < -0.4 is 31.9 Å². The Labute approximate surface area is 244 Å². The largest absolute Gasteiger partial charge is 0.354 e. The molecule has 0 spiro atoms. The van der Waals surface area contributed by atoms with Crippen LogP contribution in [0.1, 0.15) is 45.4 Å². The van der Waals surface area contributed by atoms with E-state index in [1.165, 1.54) is 0 Å². The number of carbonyl (C=O) groups excluding carboxylic acids is 8. The van der Waals surface area contributed by atoms with Crippen molar-refractivity contribution in [2.45, 2.75) is 57.5 Å². The second-order valence-corrected chi connectivity index (χ2v) is 10.3. The Morgan fingerprint density at radius 1 is 0.643 bits per heavy atom. The van der Waals surface area contributed by atoms with E-state index in [-0.39, 0.29) is 131 Å². The zero-order valence-corrected chi connectivity index (χ0v) is 24.4. The van der Waals surface area contributed by atoms with Crippen molar-refractivity contribution in [2.24, 2.45) is 5.92 Å². The molecular weight excluding hydrogens is 552 g/mol. The molecule has 0 aromatic carbocycles. The van der Waals surface area contributed by atoms with Gasteiger partial charge in [-0.1, -0.05) is 6.92 Å². The average Bonchev–Trinajstić information content (AvgIpc) is 3.38. The first kappa shape index (κ1) is 34.3. The lowest BCUT2D eigenvalue weighted by Crippen LogP contribution is -2.40. The first-order chi connectivity index (χ1) is 20.0. The van der Waals surface area contributed by atoms with Crippen molar-refractivity contribution in [1.29, 1.82) is 0 Å². The van der Waals surface area contributed by atoms with Gasteiger partial charge in [0.1, 0.15) is 0 Å². The molecule has 0 aromatic heterocycles. The molecule has 16 heteroatoms. The molecule has 16 nitrogen and oxygen atoms in total. The van der Waals surface area contributed by atoms with Crippen LogP contribution in [-0.4, -0.2) is 123 Å². The Morgan fingerprint density at radius 2 is 0.976 bits per heavy atom. The van der Waals surface area contributed by atoms with Crippen LogP contribution in [0.15, 0.2) is 0 Å². The highest BCUT2D eigenvalue weighted by molar-refractivity contribution is 6.06. The zero-order valence-electron chi connectivity index (χ0n) is 24.4. The third-order valence-corrected chi connectivity index (χ3v) is 6.92. The van der Waals surface area contributed by atoms with E-state index in [4.69, 9.17) is 0 Å². The monoisotopic (exact) mass is 594 g/mol. The van der Waals surface area contributed by atoms with Crippen molar-refractivity contribution in [3.05, 3.63) is 0 Å². The van der Waals surface area contributed by atoms with E-state index < -0.39 is 12.1 Å². The van der Waals surface area contributed by atoms with Crippen LogP contribution in [0.25, 0.3) is 0 Å². The van der Waals surface area contributed by atoms with E-state index in [2.05, 4.69) is 31.9 Å². The van der Waals surface area contributed by atoms with Gasteiger partial charge >= 0.3 is 0 Å². The molecule has 0 aliphatic carbocycles. The van der Waals surface area contributed by atoms with Crippen LogP contribution in [0.3, 0.4) is 0 Å². The fraction of sp³-hybridized carbons (Fsp3) is 0.692. The van der Waals surface area contributed by atoms with Crippen molar-refractivity contribution in [3.63, 3.8) is 0 Å². The normalized spacial score (nSPS) is 19.2. The number of likely N-dealkylation sites (tertiary alicyclic amines) is 2. The smallest absolute Gasteiger partial charge is 0.246 e. The maximum absolute atomic E-state index is 12.1. The van der Waals surface area contributed by atoms with Gasteiger partial charge in [-0.15, -0.1) is 0 Å². The number of hydrogen-bond acceptors (Lipinski definition) is 10. The highest BCUT2D eigenvalue weighted by Crippen LogP contribution is 2.14. The topological polar surface area (TPSA) is 215 Å². The molecule has 0 bridgehead atoms. The summed E-state index contributed by atoms with van der Waals surface area (Å²) in [5.74, 6) is -2.83. The van der Waals surface area contributed by atoms with E-state index in [9.17, 15) is 38.4 Å². The van der Waals surface area contributed by atoms with Crippen molar-refractivity contribution >= 4 is 47.3 Å². The van der Waals surface area contributed by atoms with E-state index in [0.717, 1.165) is 9.80 Å². The second kappa shape index (κ2) is 17.1. The van der Waals surface area contributed by atoms with Crippen molar-refractivity contribution in [3.8, 4) is 0 Å². The van der Waals surface area contributed by atoms with E-state index in [0.29, 0.717) is 0 Å². The molecule has 2 heterocycles. The van der Waals surface area contributed by atoms with Gasteiger partial charge in [-0.3, -0.25) is 48.2 Å². The summed E-state index contributed by atoms with van der Waals surface area (Å²) in [5, 5.41) is 16.1. The Bertz CT molecular complexity index is 971. The number of amides is 8. The number of rotatable bonds is 18. The Balaban J connectivity index is 1.49. The number of carbonyl (C=O) groups is 8. The fourth-order valence-corrected chi connectivity index (χ4v) is 4.55. The summed E-state index contributed by atoms with van der Waals surface area (Å²) in [7, 11) is 3.19. The molecule has 0 aromatic rings. The molecule has 0 radical (unpaired) electrons. The molecule has 2 unspecified atom stereocenters. The molecule has 2 aliphatic heterocycles. The van der Waals surface area contributed by atoms with Crippen LogP contribution in [0.2, 0.25) is 0 Å². The summed E-state index contributed by atoms with van der Waals surface area (Å²) in [4.78, 5) is 98.2. The van der Waals surface area contributed by atoms with Gasteiger partial charge in [0.2, 0.25) is 47.3 Å². The first-order valence-electron chi connectivity index (χ1n) is 14.1. The number of hydrogen-bond donors (Lipinski definition) is 6. The molecule has 234 valence electrons. The second-order valence-electron chi connectivity index (χ2n) is 10.3. The maximum Gasteiger partial charge on any atom is 0.246 e. The molecule has 42 heavy (non-hydrogen) atoms. The average molecular weight is 595 g/mol. The minimum absolute atomic E-state index is 0.000619. The maximum atomic E-state index is 12.1. The summed E-state index contributed by atoms with van der Waals surface area (Å²) in [6.07, 6.45) is 0.298. The molecule has 2 atom stereocenters. The minimum atomic E-state index is -0.552. The van der Waals surface area contributed by atoms with Gasteiger partial charge < -0.3 is 31.9 Å². The highest BCUT2D eigenvalue weighted by atomic mass is 16.2. The summed E-state index contributed by atoms with van der Waals surface area (Å²) in [5.41, 5.74) is 0. The molecule has 2 aliphatic rings. The van der Waals surface area contributed by atoms with Gasteiger partial charge in [-0.05, 0) is 20.0 Å². The molecule has 6 N–H and O–H groups in total. The van der Waals surface area contributed by atoms with Crippen LogP contribution in [0, 0.1) is 5.92 Å². The SMILES string of the molecule is CNC1CC(=O)N(CCC(=O)NCCNC(=O)CC(C)CC(=O)NCCNC(=O)CCN2C(=O)CC(NC)C2=O)C1=O. The van der Waals surface area contributed by atoms with E-state index >= 15 is 0 Å². The first-order valence-corrected chi connectivity index (χ1v) is 14.1. The minimum Gasteiger partial charge on any atom is -0.354 e. The summed E-state index contributed by atoms with van der Waals surface area (Å²) >= 11 is 0. The lowest BCUT2D eigenvalue weighted by Gasteiger charge is -2.15. The predicted molar refractivity (Wildman–Crippen MR) is 148 cm³/mol. The van der Waals surface area contributed by atoms with Crippen molar-refractivity contribution < 1.29 is 38.4 Å². The fourth-order valence-electron chi connectivity index (χ4n) is 4.55. The van der Waals surface area contributed by atoms with Gasteiger partial charge in [0, 0.05) is 65.0 Å². The molecule has 0 saturated carbocycles. The summed E-state index contributed by atoms with van der Waals surface area (Å²) in [6.45, 7) is 2.47. The number of likely N-dealkylation sites (N-methyl/N-ethyl adjacent to an activating group) is 2. The van der Waals surface area contributed by atoms with Crippen LogP contribution in [0.4, 0.5) is 0 Å². The van der Waals surface area contributed by atoms with Gasteiger partial charge in [0.25, 0.3) is 0 Å². The van der Waals surface area contributed by atoms with Gasteiger partial charge in [-0.25, -0.2) is 0 Å². The number of imide groups is 2. The third kappa shape index (κ3) is 10.8. The Kier molecular flexibility index (Phi) is 14.0. The van der Waals surface area contributed by atoms with Crippen LogP contribution >= 0.6 is 0 Å². The molecule has 8 amide bonds. The molecule has 2 fully saturated rings. The lowest BCUT2D eigenvalue weighted by molar-refractivity contribution is -0.141. The number of nitrogens with one attached hydrogen (secondary N) is 6. The molecule has 2 saturated heterocycles. The van der Waals surface area contributed by atoms with Gasteiger partial charge in [0.05, 0.1) is 24.9 Å². The zero-order chi connectivity index (χ0) is 31.2.